The van der Waals surface area contributed by atoms with Crippen LogP contribution < -0.4 is 10.6 Å². The number of carbonyl (C=O) groups excluding carboxylic acids is 1. The van der Waals surface area contributed by atoms with E-state index in [1.165, 1.54) is 6.20 Å². The highest BCUT2D eigenvalue weighted by Gasteiger charge is 2.27. The van der Waals surface area contributed by atoms with Crippen molar-refractivity contribution in [3.8, 4) is 0 Å². The summed E-state index contributed by atoms with van der Waals surface area (Å²) < 4.78 is 3.72. The van der Waals surface area contributed by atoms with Crippen LogP contribution >= 0.6 is 0 Å². The molecule has 0 saturated carbocycles. The number of nitrogens with zero attached hydrogens (tertiary/aromatic N) is 6. The fraction of sp³-hybridized carbons (Fsp3) is 0.375. The van der Waals surface area contributed by atoms with Crippen LogP contribution in [0.5, 0.6) is 0 Å². The number of nitrogens with two attached hydrogens (primary N) is 1. The van der Waals surface area contributed by atoms with E-state index in [9.17, 15) is 4.79 Å². The van der Waals surface area contributed by atoms with Gasteiger partial charge in [-0.25, -0.2) is 4.98 Å². The minimum absolute atomic E-state index is 0.207. The lowest BCUT2D eigenvalue weighted by Crippen LogP contribution is -2.24. The van der Waals surface area contributed by atoms with Gasteiger partial charge in [0.05, 0.1) is 23.5 Å². The number of aromatic nitrogens is 5. The Morgan fingerprint density at radius 2 is 2.12 bits per heavy atom. The third kappa shape index (κ3) is 2.40. The molecule has 0 aromatic carbocycles. The van der Waals surface area contributed by atoms with Crippen molar-refractivity contribution >= 4 is 17.4 Å². The quantitative estimate of drug-likeness (QED) is 0.778. The van der Waals surface area contributed by atoms with Crippen LogP contribution in [0.25, 0.3) is 5.65 Å². The molecule has 1 unspecified atom stereocenters. The van der Waals surface area contributed by atoms with Gasteiger partial charge in [-0.1, -0.05) is 0 Å². The lowest BCUT2D eigenvalue weighted by molar-refractivity contribution is 0.1000. The van der Waals surface area contributed by atoms with Gasteiger partial charge in [-0.2, -0.15) is 14.7 Å². The van der Waals surface area contributed by atoms with Crippen LogP contribution in [0.3, 0.4) is 0 Å². The highest BCUT2D eigenvalue weighted by Crippen LogP contribution is 2.27. The summed E-state index contributed by atoms with van der Waals surface area (Å²) in [6.45, 7) is 5.66. The first-order chi connectivity index (χ1) is 11.5. The maximum atomic E-state index is 11.2. The highest BCUT2D eigenvalue weighted by atomic mass is 16.1. The first-order valence-electron chi connectivity index (χ1n) is 7.94. The molecular formula is C16H19N7O. The summed E-state index contributed by atoms with van der Waals surface area (Å²) in [5, 5.41) is 8.84. The summed E-state index contributed by atoms with van der Waals surface area (Å²) in [4.78, 5) is 18.1. The van der Waals surface area contributed by atoms with Gasteiger partial charge < -0.3 is 10.6 Å². The summed E-state index contributed by atoms with van der Waals surface area (Å²) in [5.41, 5.74) is 8.52. The maximum Gasteiger partial charge on any atom is 0.251 e. The van der Waals surface area contributed by atoms with Gasteiger partial charge >= 0.3 is 0 Å². The van der Waals surface area contributed by atoms with E-state index in [1.807, 2.05) is 29.1 Å². The van der Waals surface area contributed by atoms with Gasteiger partial charge in [0.15, 0.2) is 5.65 Å². The van der Waals surface area contributed by atoms with Gasteiger partial charge in [-0.05, 0) is 20.3 Å². The molecule has 4 heterocycles. The first kappa shape index (κ1) is 14.7. The molecule has 8 nitrogen and oxygen atoms in total. The highest BCUT2D eigenvalue weighted by molar-refractivity contribution is 5.92. The summed E-state index contributed by atoms with van der Waals surface area (Å²) in [6, 6.07) is 4.24. The van der Waals surface area contributed by atoms with E-state index in [-0.39, 0.29) is 6.04 Å². The van der Waals surface area contributed by atoms with Crippen LogP contribution in [-0.2, 0) is 0 Å². The number of anilines is 1. The van der Waals surface area contributed by atoms with Crippen LogP contribution in [0.2, 0.25) is 0 Å². The van der Waals surface area contributed by atoms with Crippen LogP contribution in [0.1, 0.15) is 34.2 Å². The third-order valence-corrected chi connectivity index (χ3v) is 4.41. The summed E-state index contributed by atoms with van der Waals surface area (Å²) >= 11 is 0. The Hall–Kier alpha value is -2.90. The fourth-order valence-corrected chi connectivity index (χ4v) is 3.25. The number of aryl methyl sites for hydroxylation is 2. The number of fused-ring (bicyclic) bond motifs is 1. The Balaban J connectivity index is 1.64. The van der Waals surface area contributed by atoms with Gasteiger partial charge in [0, 0.05) is 37.1 Å². The molecule has 4 rings (SSSR count). The molecule has 0 radical (unpaired) electrons. The molecule has 0 bridgehead atoms. The predicted octanol–water partition coefficient (Wildman–Crippen LogP) is 1.09. The molecule has 1 saturated heterocycles. The zero-order valence-corrected chi connectivity index (χ0v) is 13.7. The Kier molecular flexibility index (Phi) is 3.26. The second-order valence-corrected chi connectivity index (χ2v) is 6.27. The second kappa shape index (κ2) is 5.33. The Morgan fingerprint density at radius 1 is 1.29 bits per heavy atom. The van der Waals surface area contributed by atoms with Crippen molar-refractivity contribution in [3.05, 3.63) is 41.5 Å². The monoisotopic (exact) mass is 325 g/mol. The normalized spacial score (nSPS) is 17.8. The molecule has 8 heteroatoms. The molecule has 1 fully saturated rings. The fourth-order valence-electron chi connectivity index (χ4n) is 3.25. The number of hydrogen-bond acceptors (Lipinski definition) is 5. The topological polar surface area (TPSA) is 94.3 Å². The average Bonchev–Trinajstić information content (AvgIpc) is 3.24. The van der Waals surface area contributed by atoms with Gasteiger partial charge in [0.2, 0.25) is 0 Å². The number of hydrogen-bond donors (Lipinski definition) is 1. The summed E-state index contributed by atoms with van der Waals surface area (Å²) in [5.74, 6) is 0.588. The maximum absolute atomic E-state index is 11.2. The lowest BCUT2D eigenvalue weighted by Gasteiger charge is -2.20. The van der Waals surface area contributed by atoms with Crippen LogP contribution in [0, 0.1) is 13.8 Å². The Morgan fingerprint density at radius 3 is 2.88 bits per heavy atom. The van der Waals surface area contributed by atoms with E-state index >= 15 is 0 Å². The standard InChI is InChI=1S/C16H19N7O/c1-10-6-15(23-14(19-10)5-11(2)20-23)21-4-3-13(9-21)22-8-12(7-18-22)16(17)24/h5-8,13H,3-4,9H2,1-2H3,(H2,17,24). The number of rotatable bonds is 3. The number of amides is 1. The van der Waals surface area contributed by atoms with Gasteiger partial charge in [-0.3, -0.25) is 9.48 Å². The molecule has 2 N–H and O–H groups in total. The molecule has 1 atom stereocenters. The average molecular weight is 325 g/mol. The zero-order chi connectivity index (χ0) is 16.8. The van der Waals surface area contributed by atoms with Gasteiger partial charge in [-0.15, -0.1) is 0 Å². The van der Waals surface area contributed by atoms with Crippen molar-refractivity contribution < 1.29 is 4.79 Å². The van der Waals surface area contributed by atoms with E-state index in [0.717, 1.165) is 42.4 Å². The largest absolute Gasteiger partial charge is 0.366 e. The van der Waals surface area contributed by atoms with E-state index in [1.54, 1.807) is 6.20 Å². The molecule has 24 heavy (non-hydrogen) atoms. The van der Waals surface area contributed by atoms with Crippen LogP contribution in [0.15, 0.2) is 24.5 Å². The molecule has 1 aliphatic heterocycles. The molecule has 124 valence electrons. The Labute approximate surface area is 138 Å². The summed E-state index contributed by atoms with van der Waals surface area (Å²) in [6.07, 6.45) is 4.20. The second-order valence-electron chi connectivity index (χ2n) is 6.27. The Bertz CT molecular complexity index is 926. The molecule has 3 aromatic rings. The third-order valence-electron chi connectivity index (χ3n) is 4.41. The minimum Gasteiger partial charge on any atom is -0.366 e. The molecular weight excluding hydrogens is 306 g/mol. The van der Waals surface area contributed by atoms with Crippen LogP contribution in [0.4, 0.5) is 5.82 Å². The predicted molar refractivity (Wildman–Crippen MR) is 89.1 cm³/mol. The SMILES string of the molecule is Cc1cc(N2CCC(n3cc(C(N)=O)cn3)C2)n2nc(C)cc2n1. The molecule has 3 aromatic heterocycles. The van der Waals surface area contributed by atoms with Gasteiger partial charge in [0.25, 0.3) is 5.91 Å². The van der Waals surface area contributed by atoms with Crippen molar-refractivity contribution in [3.63, 3.8) is 0 Å². The number of primary amides is 1. The van der Waals surface area contributed by atoms with Crippen LogP contribution in [-0.4, -0.2) is 43.4 Å². The molecule has 0 spiro atoms. The number of carbonyl (C=O) groups is 1. The van der Waals surface area contributed by atoms with E-state index in [4.69, 9.17) is 5.73 Å². The molecule has 1 amide bonds. The first-order valence-corrected chi connectivity index (χ1v) is 7.94. The lowest BCUT2D eigenvalue weighted by atomic mass is 10.3. The van der Waals surface area contributed by atoms with Crippen molar-refractivity contribution in [1.29, 1.82) is 0 Å². The van der Waals surface area contributed by atoms with Crippen molar-refractivity contribution in [2.24, 2.45) is 5.73 Å². The van der Waals surface area contributed by atoms with E-state index in [2.05, 4.69) is 26.1 Å². The minimum atomic E-state index is -0.449. The summed E-state index contributed by atoms with van der Waals surface area (Å²) in [7, 11) is 0. The van der Waals surface area contributed by atoms with E-state index < -0.39 is 5.91 Å². The van der Waals surface area contributed by atoms with Crippen molar-refractivity contribution in [2.75, 3.05) is 18.0 Å². The molecule has 0 aliphatic carbocycles. The smallest absolute Gasteiger partial charge is 0.251 e. The van der Waals surface area contributed by atoms with E-state index in [0.29, 0.717) is 5.56 Å². The molecule has 1 aliphatic rings. The van der Waals surface area contributed by atoms with Crippen molar-refractivity contribution in [2.45, 2.75) is 26.3 Å². The van der Waals surface area contributed by atoms with Gasteiger partial charge in [0.1, 0.15) is 5.82 Å². The van der Waals surface area contributed by atoms with Crippen molar-refractivity contribution in [1.82, 2.24) is 24.4 Å². The zero-order valence-electron chi connectivity index (χ0n) is 13.7.